The number of ether oxygens (including phenoxy) is 2. The summed E-state index contributed by atoms with van der Waals surface area (Å²) < 4.78 is 15.4. The summed E-state index contributed by atoms with van der Waals surface area (Å²) >= 11 is 0. The minimum Gasteiger partial charge on any atom is -0.497 e. The molecule has 0 fully saturated rings. The Balaban J connectivity index is 2.23. The molecule has 0 aliphatic carbocycles. The van der Waals surface area contributed by atoms with Gasteiger partial charge in [-0.2, -0.15) is 9.13 Å². The Morgan fingerprint density at radius 3 is 1.59 bits per heavy atom. The summed E-state index contributed by atoms with van der Waals surface area (Å²) in [6.07, 6.45) is 2.19. The standard InChI is InChI=1S/C23H29N2O2/c1-14-9-20(26-7)10-15(2)22(14)24-13-25(19(6)18(24)5)23-16(3)11-21(27-8)12-17(23)4/h9-13H,1-8H3/q+1. The largest absolute Gasteiger partial charge is 0.497 e. The highest BCUT2D eigenvalue weighted by molar-refractivity contribution is 5.53. The summed E-state index contributed by atoms with van der Waals surface area (Å²) in [6, 6.07) is 8.35. The first-order valence-electron chi connectivity index (χ1n) is 9.19. The number of rotatable bonds is 4. The Morgan fingerprint density at radius 2 is 1.15 bits per heavy atom. The van der Waals surface area contributed by atoms with Crippen molar-refractivity contribution < 1.29 is 14.0 Å². The molecule has 0 saturated carbocycles. The lowest BCUT2D eigenvalue weighted by atomic mass is 10.1. The molecule has 3 aromatic rings. The molecule has 1 heterocycles. The van der Waals surface area contributed by atoms with E-state index in [1.165, 1.54) is 45.0 Å². The van der Waals surface area contributed by atoms with Crippen LogP contribution in [0.3, 0.4) is 0 Å². The fraction of sp³-hybridized carbons (Fsp3) is 0.348. The quantitative estimate of drug-likeness (QED) is 0.631. The molecular weight excluding hydrogens is 336 g/mol. The predicted octanol–water partition coefficient (Wildman–Crippen LogP) is 4.62. The topological polar surface area (TPSA) is 27.3 Å². The lowest BCUT2D eigenvalue weighted by molar-refractivity contribution is -0.602. The molecule has 0 unspecified atom stereocenters. The van der Waals surface area contributed by atoms with Crippen molar-refractivity contribution in [3.8, 4) is 22.9 Å². The van der Waals surface area contributed by atoms with Crippen LogP contribution in [0.15, 0.2) is 30.6 Å². The Hall–Kier alpha value is -2.75. The smallest absolute Gasteiger partial charge is 0.254 e. The number of hydrogen-bond acceptors (Lipinski definition) is 2. The minimum atomic E-state index is 0.894. The maximum absolute atomic E-state index is 5.42. The molecule has 2 aromatic carbocycles. The summed E-state index contributed by atoms with van der Waals surface area (Å²) in [4.78, 5) is 0. The third kappa shape index (κ3) is 3.20. The second-order valence-electron chi connectivity index (χ2n) is 7.25. The summed E-state index contributed by atoms with van der Waals surface area (Å²) in [5.41, 5.74) is 9.64. The van der Waals surface area contributed by atoms with Crippen LogP contribution in [0.4, 0.5) is 0 Å². The van der Waals surface area contributed by atoms with Gasteiger partial charge < -0.3 is 9.47 Å². The first-order chi connectivity index (χ1) is 12.8. The molecule has 0 aliphatic heterocycles. The zero-order valence-corrected chi connectivity index (χ0v) is 17.6. The molecule has 27 heavy (non-hydrogen) atoms. The molecule has 3 rings (SSSR count). The molecule has 0 amide bonds. The minimum absolute atomic E-state index is 0.894. The van der Waals surface area contributed by atoms with Crippen molar-refractivity contribution in [1.29, 1.82) is 0 Å². The summed E-state index contributed by atoms with van der Waals surface area (Å²) in [5.74, 6) is 1.79. The fourth-order valence-electron chi connectivity index (χ4n) is 3.92. The third-order valence-electron chi connectivity index (χ3n) is 5.36. The van der Waals surface area contributed by atoms with E-state index >= 15 is 0 Å². The van der Waals surface area contributed by atoms with Gasteiger partial charge in [0.15, 0.2) is 0 Å². The molecule has 142 valence electrons. The lowest BCUT2D eigenvalue weighted by Crippen LogP contribution is -2.33. The second-order valence-corrected chi connectivity index (χ2v) is 7.25. The van der Waals surface area contributed by atoms with Gasteiger partial charge in [-0.15, -0.1) is 0 Å². The van der Waals surface area contributed by atoms with E-state index in [1.54, 1.807) is 14.2 Å². The van der Waals surface area contributed by atoms with Gasteiger partial charge in [0.2, 0.25) is 0 Å². The molecule has 0 saturated heterocycles. The molecule has 4 heteroatoms. The zero-order valence-electron chi connectivity index (χ0n) is 17.6. The SMILES string of the molecule is COc1cc(C)c(-n2c[n+](-c3c(C)cc(OC)cc3C)c(C)c2C)c(C)c1. The van der Waals surface area contributed by atoms with E-state index < -0.39 is 0 Å². The number of nitrogens with zero attached hydrogens (tertiary/aromatic N) is 2. The maximum Gasteiger partial charge on any atom is 0.254 e. The van der Waals surface area contributed by atoms with Crippen LogP contribution < -0.4 is 14.0 Å². The first-order valence-corrected chi connectivity index (χ1v) is 9.19. The molecule has 0 aliphatic rings. The van der Waals surface area contributed by atoms with Gasteiger partial charge in [0, 0.05) is 36.1 Å². The van der Waals surface area contributed by atoms with E-state index in [0.717, 1.165) is 11.5 Å². The van der Waals surface area contributed by atoms with E-state index in [9.17, 15) is 0 Å². The van der Waals surface area contributed by atoms with Gasteiger partial charge in [-0.3, -0.25) is 0 Å². The van der Waals surface area contributed by atoms with Crippen molar-refractivity contribution in [3.63, 3.8) is 0 Å². The number of methoxy groups -OCH3 is 2. The van der Waals surface area contributed by atoms with Crippen LogP contribution in [-0.2, 0) is 0 Å². The average molecular weight is 365 g/mol. The van der Waals surface area contributed by atoms with Gasteiger partial charge in [0.25, 0.3) is 6.33 Å². The number of aromatic nitrogens is 2. The first kappa shape index (κ1) is 19.0. The number of hydrogen-bond donors (Lipinski definition) is 0. The monoisotopic (exact) mass is 365 g/mol. The van der Waals surface area contributed by atoms with E-state index in [-0.39, 0.29) is 0 Å². The van der Waals surface area contributed by atoms with Crippen LogP contribution in [0, 0.1) is 41.5 Å². The van der Waals surface area contributed by atoms with Crippen LogP contribution >= 0.6 is 0 Å². The van der Waals surface area contributed by atoms with Crippen molar-refractivity contribution in [1.82, 2.24) is 4.57 Å². The van der Waals surface area contributed by atoms with Crippen molar-refractivity contribution in [2.24, 2.45) is 0 Å². The number of aryl methyl sites for hydroxylation is 4. The second kappa shape index (κ2) is 7.10. The highest BCUT2D eigenvalue weighted by Gasteiger charge is 2.24. The highest BCUT2D eigenvalue weighted by atomic mass is 16.5. The van der Waals surface area contributed by atoms with Crippen LogP contribution in [-0.4, -0.2) is 18.8 Å². The van der Waals surface area contributed by atoms with E-state index in [4.69, 9.17) is 9.47 Å². The Morgan fingerprint density at radius 1 is 0.704 bits per heavy atom. The molecule has 0 spiro atoms. The van der Waals surface area contributed by atoms with Gasteiger partial charge in [-0.1, -0.05) is 0 Å². The predicted molar refractivity (Wildman–Crippen MR) is 109 cm³/mol. The zero-order chi connectivity index (χ0) is 19.9. The van der Waals surface area contributed by atoms with Gasteiger partial charge in [-0.05, 0) is 52.0 Å². The normalized spacial score (nSPS) is 11.0. The van der Waals surface area contributed by atoms with E-state index in [2.05, 4.69) is 81.3 Å². The van der Waals surface area contributed by atoms with Gasteiger partial charge in [-0.25, -0.2) is 0 Å². The average Bonchev–Trinajstić information content (AvgIpc) is 2.89. The maximum atomic E-state index is 5.42. The summed E-state index contributed by atoms with van der Waals surface area (Å²) in [6.45, 7) is 12.9. The lowest BCUT2D eigenvalue weighted by Gasteiger charge is -2.10. The highest BCUT2D eigenvalue weighted by Crippen LogP contribution is 2.28. The van der Waals surface area contributed by atoms with Crippen molar-refractivity contribution in [3.05, 3.63) is 64.2 Å². The molecular formula is C23H29N2O2+. The van der Waals surface area contributed by atoms with E-state index in [0.29, 0.717) is 0 Å². The molecule has 0 radical (unpaired) electrons. The van der Waals surface area contributed by atoms with Crippen LogP contribution in [0.2, 0.25) is 0 Å². The third-order valence-corrected chi connectivity index (χ3v) is 5.36. The Bertz CT molecular complexity index is 889. The Labute approximate surface area is 162 Å². The number of imidazole rings is 1. The van der Waals surface area contributed by atoms with Crippen LogP contribution in [0.5, 0.6) is 11.5 Å². The van der Waals surface area contributed by atoms with Crippen molar-refractivity contribution in [2.45, 2.75) is 41.5 Å². The number of benzene rings is 2. The van der Waals surface area contributed by atoms with Gasteiger partial charge >= 0.3 is 0 Å². The molecule has 1 aromatic heterocycles. The molecule has 4 nitrogen and oxygen atoms in total. The Kier molecular flexibility index (Phi) is 5.01. The van der Waals surface area contributed by atoms with Gasteiger partial charge in [0.1, 0.15) is 34.3 Å². The fourth-order valence-corrected chi connectivity index (χ4v) is 3.92. The summed E-state index contributed by atoms with van der Waals surface area (Å²) in [7, 11) is 3.42. The van der Waals surface area contributed by atoms with Crippen LogP contribution in [0.25, 0.3) is 11.4 Å². The van der Waals surface area contributed by atoms with Crippen molar-refractivity contribution in [2.75, 3.05) is 14.2 Å². The summed E-state index contributed by atoms with van der Waals surface area (Å²) in [5, 5.41) is 0. The molecule has 0 atom stereocenters. The van der Waals surface area contributed by atoms with Crippen molar-refractivity contribution >= 4 is 0 Å². The molecule has 0 N–H and O–H groups in total. The van der Waals surface area contributed by atoms with Gasteiger partial charge in [0.05, 0.1) is 14.2 Å². The van der Waals surface area contributed by atoms with E-state index in [1.807, 2.05) is 0 Å². The molecule has 0 bridgehead atoms. The van der Waals surface area contributed by atoms with Crippen LogP contribution in [0.1, 0.15) is 33.6 Å².